The van der Waals surface area contributed by atoms with Gasteiger partial charge in [0.25, 0.3) is 0 Å². The molecule has 0 amide bonds. The van der Waals surface area contributed by atoms with Crippen molar-refractivity contribution < 1.29 is 14.6 Å². The number of carbonyl (C=O) groups is 1. The molecule has 2 rings (SSSR count). The molecular formula is C14H13NO3. The molecule has 0 radical (unpaired) electrons. The minimum absolute atomic E-state index is 0.00338. The van der Waals surface area contributed by atoms with Crippen LogP contribution in [-0.4, -0.2) is 23.2 Å². The maximum atomic E-state index is 11.3. The quantitative estimate of drug-likeness (QED) is 0.900. The van der Waals surface area contributed by atoms with E-state index in [1.807, 2.05) is 31.2 Å². The lowest BCUT2D eigenvalue weighted by molar-refractivity contribution is 0.0690. The smallest absolute Gasteiger partial charge is 0.355 e. The van der Waals surface area contributed by atoms with Crippen LogP contribution in [0.25, 0.3) is 11.1 Å². The highest BCUT2D eigenvalue weighted by Gasteiger charge is 2.15. The Hall–Kier alpha value is -2.36. The van der Waals surface area contributed by atoms with E-state index in [1.165, 1.54) is 7.11 Å². The Morgan fingerprint density at radius 2 is 1.89 bits per heavy atom. The van der Waals surface area contributed by atoms with Gasteiger partial charge in [-0.05, 0) is 24.1 Å². The second-order valence-electron chi connectivity index (χ2n) is 3.87. The number of benzene rings is 1. The zero-order chi connectivity index (χ0) is 13.1. The summed E-state index contributed by atoms with van der Waals surface area (Å²) in [6.45, 7) is 1.94. The first-order chi connectivity index (χ1) is 8.63. The van der Waals surface area contributed by atoms with Crippen molar-refractivity contribution >= 4 is 5.97 Å². The average Bonchev–Trinajstić information content (AvgIpc) is 2.38. The van der Waals surface area contributed by atoms with E-state index >= 15 is 0 Å². The summed E-state index contributed by atoms with van der Waals surface area (Å²) in [4.78, 5) is 15.2. The predicted molar refractivity (Wildman–Crippen MR) is 67.9 cm³/mol. The van der Waals surface area contributed by atoms with Gasteiger partial charge in [0, 0.05) is 11.6 Å². The van der Waals surface area contributed by atoms with Crippen LogP contribution >= 0.6 is 0 Å². The molecule has 1 N–H and O–H groups in total. The number of hydrogen-bond donors (Lipinski definition) is 1. The van der Waals surface area contributed by atoms with Crippen LogP contribution in [0.5, 0.6) is 5.88 Å². The van der Waals surface area contributed by atoms with Crippen molar-refractivity contribution in [1.82, 2.24) is 4.98 Å². The Morgan fingerprint density at radius 3 is 2.50 bits per heavy atom. The standard InChI is InChI=1S/C14H13NO3/c1-9-5-3-4-6-10(9)11-7-8-12(18-2)15-13(11)14(16)17/h3-8H,1-2H3,(H,16,17). The van der Waals surface area contributed by atoms with Gasteiger partial charge in [0.15, 0.2) is 5.69 Å². The Kier molecular flexibility index (Phi) is 3.28. The molecule has 0 aliphatic carbocycles. The van der Waals surface area contributed by atoms with Crippen molar-refractivity contribution in [2.75, 3.05) is 7.11 Å². The van der Waals surface area contributed by atoms with Gasteiger partial charge in [-0.1, -0.05) is 24.3 Å². The first kappa shape index (κ1) is 12.1. The number of ether oxygens (including phenoxy) is 1. The summed E-state index contributed by atoms with van der Waals surface area (Å²) in [6.07, 6.45) is 0. The third kappa shape index (κ3) is 2.18. The van der Waals surface area contributed by atoms with Crippen LogP contribution in [0.2, 0.25) is 0 Å². The number of carboxylic acids is 1. The molecule has 0 saturated heterocycles. The Bertz CT molecular complexity index is 593. The molecule has 0 unspecified atom stereocenters. The number of pyridine rings is 1. The number of aromatic nitrogens is 1. The fraction of sp³-hybridized carbons (Fsp3) is 0.143. The molecule has 1 aromatic heterocycles. The van der Waals surface area contributed by atoms with E-state index in [9.17, 15) is 9.90 Å². The van der Waals surface area contributed by atoms with Crippen LogP contribution in [-0.2, 0) is 0 Å². The van der Waals surface area contributed by atoms with Crippen LogP contribution in [0, 0.1) is 6.92 Å². The van der Waals surface area contributed by atoms with Crippen molar-refractivity contribution in [2.24, 2.45) is 0 Å². The van der Waals surface area contributed by atoms with E-state index in [0.717, 1.165) is 11.1 Å². The summed E-state index contributed by atoms with van der Waals surface area (Å²) in [5, 5.41) is 9.22. The molecule has 4 nitrogen and oxygen atoms in total. The SMILES string of the molecule is COc1ccc(-c2ccccc2C)c(C(=O)O)n1. The molecule has 2 aromatic rings. The van der Waals surface area contributed by atoms with Crippen molar-refractivity contribution in [3.63, 3.8) is 0 Å². The molecule has 0 atom stereocenters. The maximum Gasteiger partial charge on any atom is 0.355 e. The predicted octanol–water partition coefficient (Wildman–Crippen LogP) is 2.76. The second-order valence-corrected chi connectivity index (χ2v) is 3.87. The van der Waals surface area contributed by atoms with Crippen molar-refractivity contribution in [3.8, 4) is 17.0 Å². The molecule has 0 aliphatic rings. The highest BCUT2D eigenvalue weighted by molar-refractivity contribution is 5.94. The Labute approximate surface area is 105 Å². The first-order valence-corrected chi connectivity index (χ1v) is 5.48. The third-order valence-corrected chi connectivity index (χ3v) is 2.72. The van der Waals surface area contributed by atoms with Gasteiger partial charge in [-0.3, -0.25) is 0 Å². The summed E-state index contributed by atoms with van der Waals surface area (Å²) < 4.78 is 4.95. The summed E-state index contributed by atoms with van der Waals surface area (Å²) in [7, 11) is 1.46. The van der Waals surface area contributed by atoms with Gasteiger partial charge >= 0.3 is 5.97 Å². The normalized spacial score (nSPS) is 10.1. The maximum absolute atomic E-state index is 11.3. The highest BCUT2D eigenvalue weighted by Crippen LogP contribution is 2.27. The summed E-state index contributed by atoms with van der Waals surface area (Å²) in [6, 6.07) is 11.0. The molecule has 0 bridgehead atoms. The Morgan fingerprint density at radius 1 is 1.17 bits per heavy atom. The van der Waals surface area contributed by atoms with Crippen LogP contribution in [0.15, 0.2) is 36.4 Å². The number of hydrogen-bond acceptors (Lipinski definition) is 3. The first-order valence-electron chi connectivity index (χ1n) is 5.48. The lowest BCUT2D eigenvalue weighted by Gasteiger charge is -2.09. The van der Waals surface area contributed by atoms with Gasteiger partial charge < -0.3 is 9.84 Å². The van der Waals surface area contributed by atoms with E-state index in [0.29, 0.717) is 11.4 Å². The number of nitrogens with zero attached hydrogens (tertiary/aromatic N) is 1. The molecule has 0 aliphatic heterocycles. The van der Waals surface area contributed by atoms with Crippen molar-refractivity contribution in [1.29, 1.82) is 0 Å². The van der Waals surface area contributed by atoms with E-state index in [1.54, 1.807) is 12.1 Å². The van der Waals surface area contributed by atoms with Crippen LogP contribution in [0.4, 0.5) is 0 Å². The monoisotopic (exact) mass is 243 g/mol. The molecule has 1 aromatic carbocycles. The van der Waals surface area contributed by atoms with E-state index in [4.69, 9.17) is 4.74 Å². The minimum atomic E-state index is -1.06. The fourth-order valence-corrected chi connectivity index (χ4v) is 1.81. The van der Waals surface area contributed by atoms with Crippen molar-refractivity contribution in [2.45, 2.75) is 6.92 Å². The van der Waals surface area contributed by atoms with Crippen LogP contribution < -0.4 is 4.74 Å². The van der Waals surface area contributed by atoms with E-state index < -0.39 is 5.97 Å². The number of carboxylic acid groups (broad SMARTS) is 1. The largest absolute Gasteiger partial charge is 0.481 e. The molecule has 0 spiro atoms. The Balaban J connectivity index is 2.64. The van der Waals surface area contributed by atoms with E-state index in [-0.39, 0.29) is 5.69 Å². The van der Waals surface area contributed by atoms with Gasteiger partial charge in [-0.15, -0.1) is 0 Å². The molecule has 1 heterocycles. The zero-order valence-corrected chi connectivity index (χ0v) is 10.2. The topological polar surface area (TPSA) is 59.4 Å². The van der Waals surface area contributed by atoms with Gasteiger partial charge in [0.05, 0.1) is 7.11 Å². The lowest BCUT2D eigenvalue weighted by Crippen LogP contribution is -2.05. The van der Waals surface area contributed by atoms with Crippen molar-refractivity contribution in [3.05, 3.63) is 47.7 Å². The third-order valence-electron chi connectivity index (χ3n) is 2.72. The molecule has 92 valence electrons. The molecule has 0 saturated carbocycles. The average molecular weight is 243 g/mol. The zero-order valence-electron chi connectivity index (χ0n) is 10.2. The van der Waals surface area contributed by atoms with Crippen LogP contribution in [0.1, 0.15) is 16.1 Å². The summed E-state index contributed by atoms with van der Waals surface area (Å²) >= 11 is 0. The van der Waals surface area contributed by atoms with Gasteiger partial charge in [0.2, 0.25) is 5.88 Å². The molecule has 0 fully saturated rings. The van der Waals surface area contributed by atoms with Gasteiger partial charge in [0.1, 0.15) is 0 Å². The number of methoxy groups -OCH3 is 1. The highest BCUT2D eigenvalue weighted by atomic mass is 16.5. The summed E-state index contributed by atoms with van der Waals surface area (Å²) in [5.41, 5.74) is 2.47. The number of aromatic carboxylic acids is 1. The van der Waals surface area contributed by atoms with Gasteiger partial charge in [-0.2, -0.15) is 0 Å². The molecule has 4 heteroatoms. The van der Waals surface area contributed by atoms with Crippen LogP contribution in [0.3, 0.4) is 0 Å². The lowest BCUT2D eigenvalue weighted by atomic mass is 9.99. The molecule has 18 heavy (non-hydrogen) atoms. The second kappa shape index (κ2) is 4.87. The number of aryl methyl sites for hydroxylation is 1. The fourth-order valence-electron chi connectivity index (χ4n) is 1.81. The number of rotatable bonds is 3. The summed E-state index contributed by atoms with van der Waals surface area (Å²) in [5.74, 6) is -0.767. The minimum Gasteiger partial charge on any atom is -0.481 e. The van der Waals surface area contributed by atoms with Gasteiger partial charge in [-0.25, -0.2) is 9.78 Å². The van der Waals surface area contributed by atoms with E-state index in [2.05, 4.69) is 4.98 Å². The molecular weight excluding hydrogens is 230 g/mol.